The van der Waals surface area contributed by atoms with Gasteiger partial charge in [0.2, 0.25) is 11.9 Å². The van der Waals surface area contributed by atoms with Gasteiger partial charge in [0.1, 0.15) is 17.0 Å². The molecule has 0 saturated heterocycles. The number of anilines is 3. The second-order valence-electron chi connectivity index (χ2n) is 8.30. The number of hydrogen-bond donors (Lipinski definition) is 4. The predicted octanol–water partition coefficient (Wildman–Crippen LogP) is 5.18. The highest BCUT2D eigenvalue weighted by atomic mass is 19.1. The standard InChI is InChI=1S/C17H17F3N6.C5H10O/c18-9-6-11(19)14(12(20)7-9)24-17-23-13-8-21-16(25-15(13)26-17)22-10-4-2-1-3-5-10;6-5-3-1-2-4-5/h6-8,10H,1-5H2,(H3,21,22,23,24,25,26);5-6H,1-4H2. The first-order valence-electron chi connectivity index (χ1n) is 11.1. The molecular weight excluding hydrogens is 421 g/mol. The lowest BCUT2D eigenvalue weighted by atomic mass is 9.96. The number of nitrogens with one attached hydrogen (secondary N) is 3. The minimum absolute atomic E-state index is 0.0463. The maximum absolute atomic E-state index is 13.8. The van der Waals surface area contributed by atoms with Crippen LogP contribution in [-0.4, -0.2) is 37.2 Å². The Balaban J connectivity index is 0.000000354. The molecule has 0 aliphatic heterocycles. The van der Waals surface area contributed by atoms with Crippen molar-refractivity contribution in [3.8, 4) is 0 Å². The van der Waals surface area contributed by atoms with Gasteiger partial charge in [-0.2, -0.15) is 9.97 Å². The minimum atomic E-state index is -1.05. The molecule has 0 radical (unpaired) electrons. The molecule has 7 nitrogen and oxygen atoms in total. The summed E-state index contributed by atoms with van der Waals surface area (Å²) >= 11 is 0. The molecule has 2 saturated carbocycles. The number of aromatic amines is 1. The summed E-state index contributed by atoms with van der Waals surface area (Å²) in [6.45, 7) is 0. The summed E-state index contributed by atoms with van der Waals surface area (Å²) in [7, 11) is 0. The summed E-state index contributed by atoms with van der Waals surface area (Å²) in [5.41, 5.74) is 0.396. The number of fused-ring (bicyclic) bond motifs is 1. The third kappa shape index (κ3) is 5.67. The zero-order valence-corrected chi connectivity index (χ0v) is 17.7. The van der Waals surface area contributed by atoms with E-state index < -0.39 is 23.1 Å². The van der Waals surface area contributed by atoms with Gasteiger partial charge in [-0.3, -0.25) is 0 Å². The average Bonchev–Trinajstić information content (AvgIpc) is 3.40. The third-order valence-corrected chi connectivity index (χ3v) is 5.75. The lowest BCUT2D eigenvalue weighted by Gasteiger charge is -2.22. The normalized spacial score (nSPS) is 17.2. The highest BCUT2D eigenvalue weighted by Gasteiger charge is 2.16. The summed E-state index contributed by atoms with van der Waals surface area (Å²) in [4.78, 5) is 15.6. The van der Waals surface area contributed by atoms with Crippen molar-refractivity contribution in [3.63, 3.8) is 0 Å². The molecule has 2 aliphatic rings. The minimum Gasteiger partial charge on any atom is -0.393 e. The van der Waals surface area contributed by atoms with Crippen LogP contribution in [0, 0.1) is 17.5 Å². The Hall–Kier alpha value is -2.88. The van der Waals surface area contributed by atoms with Gasteiger partial charge in [-0.1, -0.05) is 32.1 Å². The van der Waals surface area contributed by atoms with Crippen molar-refractivity contribution in [1.82, 2.24) is 19.9 Å². The Bertz CT molecular complexity index is 1020. The van der Waals surface area contributed by atoms with Gasteiger partial charge in [0, 0.05) is 18.2 Å². The Morgan fingerprint density at radius 2 is 1.56 bits per heavy atom. The van der Waals surface area contributed by atoms with Gasteiger partial charge in [-0.05, 0) is 25.7 Å². The zero-order chi connectivity index (χ0) is 22.5. The number of hydrogen-bond acceptors (Lipinski definition) is 6. The molecule has 172 valence electrons. The summed E-state index contributed by atoms with van der Waals surface area (Å²) in [5, 5.41) is 14.5. The van der Waals surface area contributed by atoms with Crippen LogP contribution in [0.25, 0.3) is 11.2 Å². The van der Waals surface area contributed by atoms with Gasteiger partial charge in [0.05, 0.1) is 12.3 Å². The smallest absolute Gasteiger partial charge is 0.225 e. The van der Waals surface area contributed by atoms with Crippen molar-refractivity contribution in [3.05, 3.63) is 35.8 Å². The van der Waals surface area contributed by atoms with Crippen LogP contribution in [0.2, 0.25) is 0 Å². The van der Waals surface area contributed by atoms with Crippen LogP contribution in [0.3, 0.4) is 0 Å². The maximum atomic E-state index is 13.8. The third-order valence-electron chi connectivity index (χ3n) is 5.75. The van der Waals surface area contributed by atoms with Gasteiger partial charge in [0.25, 0.3) is 0 Å². The van der Waals surface area contributed by atoms with Crippen molar-refractivity contribution < 1.29 is 18.3 Å². The molecule has 0 bridgehead atoms. The predicted molar refractivity (Wildman–Crippen MR) is 116 cm³/mol. The molecule has 0 spiro atoms. The van der Waals surface area contributed by atoms with Crippen molar-refractivity contribution in [2.45, 2.75) is 69.9 Å². The average molecular weight is 448 g/mol. The van der Waals surface area contributed by atoms with E-state index in [1.807, 2.05) is 0 Å². The van der Waals surface area contributed by atoms with Crippen molar-refractivity contribution >= 4 is 28.7 Å². The van der Waals surface area contributed by atoms with Gasteiger partial charge >= 0.3 is 0 Å². The van der Waals surface area contributed by atoms with E-state index in [0.717, 1.165) is 25.7 Å². The number of imidazole rings is 1. The second kappa shape index (κ2) is 10.2. The fourth-order valence-corrected chi connectivity index (χ4v) is 4.05. The molecule has 5 rings (SSSR count). The summed E-state index contributed by atoms with van der Waals surface area (Å²) < 4.78 is 40.5. The Morgan fingerprint density at radius 3 is 2.19 bits per heavy atom. The largest absolute Gasteiger partial charge is 0.393 e. The summed E-state index contributed by atoms with van der Waals surface area (Å²) in [5.74, 6) is -2.52. The molecule has 2 fully saturated rings. The number of aromatic nitrogens is 4. The fourth-order valence-electron chi connectivity index (χ4n) is 4.05. The highest BCUT2D eigenvalue weighted by Crippen LogP contribution is 2.25. The molecule has 2 heterocycles. The molecule has 10 heteroatoms. The number of rotatable bonds is 4. The first-order valence-corrected chi connectivity index (χ1v) is 11.1. The van der Waals surface area contributed by atoms with E-state index in [-0.39, 0.29) is 12.1 Å². The van der Waals surface area contributed by atoms with Gasteiger partial charge < -0.3 is 20.7 Å². The van der Waals surface area contributed by atoms with Crippen LogP contribution < -0.4 is 10.6 Å². The Labute approximate surface area is 183 Å². The van der Waals surface area contributed by atoms with Crippen LogP contribution in [0.5, 0.6) is 0 Å². The lowest BCUT2D eigenvalue weighted by Crippen LogP contribution is -2.23. The number of aliphatic hydroxyl groups is 1. The van der Waals surface area contributed by atoms with Crippen LogP contribution in [0.1, 0.15) is 57.8 Å². The first-order chi connectivity index (χ1) is 15.5. The number of benzene rings is 1. The molecular formula is C22H27F3N6O. The van der Waals surface area contributed by atoms with Crippen molar-refractivity contribution in [1.29, 1.82) is 0 Å². The highest BCUT2D eigenvalue weighted by molar-refractivity contribution is 5.75. The SMILES string of the molecule is Fc1cc(F)c(Nc2nc3nc(NC4CCCCC4)ncc3[nH]2)c(F)c1.OC1CCCC1. The number of H-pyrrole nitrogens is 1. The Morgan fingerprint density at radius 1 is 0.906 bits per heavy atom. The molecule has 0 unspecified atom stereocenters. The molecule has 2 aromatic heterocycles. The van der Waals surface area contributed by atoms with E-state index in [0.29, 0.717) is 35.3 Å². The topological polar surface area (TPSA) is 98.8 Å². The van der Waals surface area contributed by atoms with Gasteiger partial charge in [0.15, 0.2) is 17.3 Å². The van der Waals surface area contributed by atoms with E-state index in [2.05, 4.69) is 30.6 Å². The molecule has 3 aromatic rings. The van der Waals surface area contributed by atoms with Crippen LogP contribution >= 0.6 is 0 Å². The van der Waals surface area contributed by atoms with Crippen molar-refractivity contribution in [2.75, 3.05) is 10.6 Å². The van der Waals surface area contributed by atoms with E-state index in [1.54, 1.807) is 6.20 Å². The van der Waals surface area contributed by atoms with Crippen LogP contribution in [0.15, 0.2) is 18.3 Å². The Kier molecular flexibility index (Phi) is 7.09. The summed E-state index contributed by atoms with van der Waals surface area (Å²) in [6, 6.07) is 1.54. The van der Waals surface area contributed by atoms with E-state index >= 15 is 0 Å². The fraction of sp³-hybridized carbons (Fsp3) is 0.500. The molecule has 2 aliphatic carbocycles. The summed E-state index contributed by atoms with van der Waals surface area (Å²) in [6.07, 6.45) is 11.9. The zero-order valence-electron chi connectivity index (χ0n) is 17.7. The molecule has 4 N–H and O–H groups in total. The van der Waals surface area contributed by atoms with Crippen LogP contribution in [-0.2, 0) is 0 Å². The van der Waals surface area contributed by atoms with Crippen molar-refractivity contribution in [2.24, 2.45) is 0 Å². The number of aliphatic hydroxyl groups excluding tert-OH is 1. The van der Waals surface area contributed by atoms with Gasteiger partial charge in [-0.25, -0.2) is 18.2 Å². The van der Waals surface area contributed by atoms with Crippen LogP contribution in [0.4, 0.5) is 30.8 Å². The molecule has 32 heavy (non-hydrogen) atoms. The molecule has 1 aromatic carbocycles. The van der Waals surface area contributed by atoms with E-state index in [1.165, 1.54) is 32.1 Å². The van der Waals surface area contributed by atoms with E-state index in [9.17, 15) is 13.2 Å². The monoisotopic (exact) mass is 448 g/mol. The number of nitrogens with zero attached hydrogens (tertiary/aromatic N) is 3. The quantitative estimate of drug-likeness (QED) is 0.439. The maximum Gasteiger partial charge on any atom is 0.225 e. The second-order valence-corrected chi connectivity index (χ2v) is 8.30. The van der Waals surface area contributed by atoms with E-state index in [4.69, 9.17) is 5.11 Å². The van der Waals surface area contributed by atoms with Gasteiger partial charge in [-0.15, -0.1) is 0 Å². The lowest BCUT2D eigenvalue weighted by molar-refractivity contribution is 0.183. The number of halogens is 3. The molecule has 0 amide bonds. The molecule has 0 atom stereocenters. The first kappa shape index (κ1) is 22.3.